The largest absolute Gasteiger partial charge is 0.493 e. The molecule has 0 saturated carbocycles. The summed E-state index contributed by atoms with van der Waals surface area (Å²) in [5.41, 5.74) is 0.827. The van der Waals surface area contributed by atoms with Crippen LogP contribution in [0.15, 0.2) is 59.5 Å². The van der Waals surface area contributed by atoms with E-state index in [4.69, 9.17) is 9.47 Å². The van der Waals surface area contributed by atoms with Gasteiger partial charge in [-0.05, 0) is 35.9 Å². The molecule has 1 heterocycles. The van der Waals surface area contributed by atoms with Gasteiger partial charge in [-0.15, -0.1) is 0 Å². The predicted octanol–water partition coefficient (Wildman–Crippen LogP) is 1.84. The van der Waals surface area contributed by atoms with Crippen molar-refractivity contribution in [1.29, 1.82) is 0 Å². The number of amides is 1. The first kappa shape index (κ1) is 23.8. The van der Waals surface area contributed by atoms with E-state index in [2.05, 4.69) is 10.2 Å². The van der Waals surface area contributed by atoms with Crippen LogP contribution in [0.4, 0.5) is 0 Å². The first-order valence-corrected chi connectivity index (χ1v) is 11.8. The molecule has 1 saturated heterocycles. The van der Waals surface area contributed by atoms with Crippen molar-refractivity contribution >= 4 is 22.0 Å². The van der Waals surface area contributed by atoms with Crippen molar-refractivity contribution in [2.24, 2.45) is 0 Å². The SMILES string of the molecule is COc1ccc(/C=C\C(=O)NCCN2CCN(S(=O)(=O)c3ccccc3)CC2)cc1OC. The summed E-state index contributed by atoms with van der Waals surface area (Å²) in [4.78, 5) is 14.6. The third kappa shape index (κ3) is 6.09. The minimum atomic E-state index is -3.45. The third-order valence-corrected chi connectivity index (χ3v) is 7.19. The molecule has 1 aliphatic heterocycles. The maximum absolute atomic E-state index is 12.7. The first-order chi connectivity index (χ1) is 15.4. The number of benzene rings is 2. The zero-order valence-electron chi connectivity index (χ0n) is 18.4. The van der Waals surface area contributed by atoms with Gasteiger partial charge in [-0.3, -0.25) is 9.69 Å². The molecule has 0 spiro atoms. The van der Waals surface area contributed by atoms with Gasteiger partial charge in [0.15, 0.2) is 11.5 Å². The van der Waals surface area contributed by atoms with Crippen molar-refractivity contribution in [3.63, 3.8) is 0 Å². The highest BCUT2D eigenvalue weighted by molar-refractivity contribution is 7.89. The van der Waals surface area contributed by atoms with Crippen LogP contribution < -0.4 is 14.8 Å². The van der Waals surface area contributed by atoms with Gasteiger partial charge in [-0.2, -0.15) is 4.31 Å². The summed E-state index contributed by atoms with van der Waals surface area (Å²) in [5, 5.41) is 2.86. The maximum atomic E-state index is 12.7. The quantitative estimate of drug-likeness (QED) is 0.576. The Morgan fingerprint density at radius 3 is 2.34 bits per heavy atom. The van der Waals surface area contributed by atoms with Crippen molar-refractivity contribution in [1.82, 2.24) is 14.5 Å². The number of carbonyl (C=O) groups is 1. The molecule has 9 heteroatoms. The molecule has 172 valence electrons. The van der Waals surface area contributed by atoms with E-state index in [9.17, 15) is 13.2 Å². The van der Waals surface area contributed by atoms with Crippen LogP contribution in [0.25, 0.3) is 6.08 Å². The molecule has 0 atom stereocenters. The van der Waals surface area contributed by atoms with E-state index in [1.54, 1.807) is 62.8 Å². The highest BCUT2D eigenvalue weighted by Gasteiger charge is 2.28. The molecule has 0 aromatic heterocycles. The Morgan fingerprint density at radius 1 is 1.00 bits per heavy atom. The van der Waals surface area contributed by atoms with Crippen LogP contribution >= 0.6 is 0 Å². The van der Waals surface area contributed by atoms with Gasteiger partial charge in [0.25, 0.3) is 0 Å². The summed E-state index contributed by atoms with van der Waals surface area (Å²) in [6.07, 6.45) is 3.19. The number of hydrogen-bond donors (Lipinski definition) is 1. The Balaban J connectivity index is 1.42. The van der Waals surface area contributed by atoms with E-state index in [0.29, 0.717) is 55.7 Å². The molecule has 1 N–H and O–H groups in total. The summed E-state index contributed by atoms with van der Waals surface area (Å²) >= 11 is 0. The monoisotopic (exact) mass is 459 g/mol. The Bertz CT molecular complexity index is 1030. The summed E-state index contributed by atoms with van der Waals surface area (Å²) in [6.45, 7) is 3.28. The number of sulfonamides is 1. The number of methoxy groups -OCH3 is 2. The molecule has 1 aliphatic rings. The van der Waals surface area contributed by atoms with E-state index >= 15 is 0 Å². The molecule has 2 aromatic rings. The average Bonchev–Trinajstić information content (AvgIpc) is 2.83. The molecule has 0 radical (unpaired) electrons. The lowest BCUT2D eigenvalue weighted by Gasteiger charge is -2.33. The van der Waals surface area contributed by atoms with Crippen molar-refractivity contribution in [3.8, 4) is 11.5 Å². The predicted molar refractivity (Wildman–Crippen MR) is 123 cm³/mol. The molecule has 3 rings (SSSR count). The van der Waals surface area contributed by atoms with Crippen LogP contribution in [0.3, 0.4) is 0 Å². The van der Waals surface area contributed by atoms with Crippen LogP contribution in [0.5, 0.6) is 11.5 Å². The molecular formula is C23H29N3O5S. The summed E-state index contributed by atoms with van der Waals surface area (Å²) in [5.74, 6) is 1.04. The van der Waals surface area contributed by atoms with E-state index in [0.717, 1.165) is 5.56 Å². The minimum absolute atomic E-state index is 0.190. The molecule has 0 aliphatic carbocycles. The van der Waals surface area contributed by atoms with Gasteiger partial charge < -0.3 is 14.8 Å². The number of carbonyl (C=O) groups excluding carboxylic acids is 1. The van der Waals surface area contributed by atoms with Gasteiger partial charge in [0.05, 0.1) is 19.1 Å². The molecule has 8 nitrogen and oxygen atoms in total. The second-order valence-corrected chi connectivity index (χ2v) is 9.24. The zero-order valence-corrected chi connectivity index (χ0v) is 19.2. The fourth-order valence-corrected chi connectivity index (χ4v) is 4.90. The number of piperazine rings is 1. The van der Waals surface area contributed by atoms with Gasteiger partial charge in [-0.1, -0.05) is 24.3 Å². The van der Waals surface area contributed by atoms with Gasteiger partial charge >= 0.3 is 0 Å². The molecule has 0 unspecified atom stereocenters. The van der Waals surface area contributed by atoms with E-state index < -0.39 is 10.0 Å². The number of ether oxygens (including phenoxy) is 2. The van der Waals surface area contributed by atoms with E-state index in [1.807, 2.05) is 6.07 Å². The Labute approximate surface area is 189 Å². The average molecular weight is 460 g/mol. The molecule has 1 fully saturated rings. The molecule has 1 amide bonds. The number of rotatable bonds is 9. The Kier molecular flexibility index (Phi) is 8.26. The van der Waals surface area contributed by atoms with Crippen molar-refractivity contribution < 1.29 is 22.7 Å². The molecule has 2 aromatic carbocycles. The van der Waals surface area contributed by atoms with Crippen molar-refractivity contribution in [3.05, 3.63) is 60.2 Å². The van der Waals surface area contributed by atoms with Crippen LogP contribution in [-0.4, -0.2) is 77.0 Å². The number of nitrogens with one attached hydrogen (secondary N) is 1. The van der Waals surface area contributed by atoms with Gasteiger partial charge in [0, 0.05) is 45.3 Å². The lowest BCUT2D eigenvalue weighted by molar-refractivity contribution is -0.116. The fourth-order valence-electron chi connectivity index (χ4n) is 3.46. The van der Waals surface area contributed by atoms with Crippen molar-refractivity contribution in [2.45, 2.75) is 4.90 Å². The summed E-state index contributed by atoms with van der Waals surface area (Å²) in [6, 6.07) is 13.9. The second kappa shape index (κ2) is 11.1. The highest BCUT2D eigenvalue weighted by atomic mass is 32.2. The molecule has 32 heavy (non-hydrogen) atoms. The maximum Gasteiger partial charge on any atom is 0.244 e. The molecule has 0 bridgehead atoms. The second-order valence-electron chi connectivity index (χ2n) is 7.30. The first-order valence-electron chi connectivity index (χ1n) is 10.4. The van der Waals surface area contributed by atoms with Crippen molar-refractivity contribution in [2.75, 3.05) is 53.5 Å². The van der Waals surface area contributed by atoms with Crippen LogP contribution in [0.2, 0.25) is 0 Å². The fraction of sp³-hybridized carbons (Fsp3) is 0.348. The van der Waals surface area contributed by atoms with Crippen LogP contribution in [0.1, 0.15) is 5.56 Å². The number of hydrogen-bond acceptors (Lipinski definition) is 6. The van der Waals surface area contributed by atoms with E-state index in [1.165, 1.54) is 10.4 Å². The van der Waals surface area contributed by atoms with Gasteiger partial charge in [0.1, 0.15) is 0 Å². The lowest BCUT2D eigenvalue weighted by atomic mass is 10.2. The third-order valence-electron chi connectivity index (χ3n) is 5.27. The highest BCUT2D eigenvalue weighted by Crippen LogP contribution is 2.27. The van der Waals surface area contributed by atoms with E-state index in [-0.39, 0.29) is 5.91 Å². The van der Waals surface area contributed by atoms with Crippen LogP contribution in [0, 0.1) is 0 Å². The molecular weight excluding hydrogens is 430 g/mol. The standard InChI is InChI=1S/C23H29N3O5S/c1-30-21-10-8-19(18-22(21)31-2)9-11-23(27)24-12-13-25-14-16-26(17-15-25)32(28,29)20-6-4-3-5-7-20/h3-11,18H,12-17H2,1-2H3,(H,24,27)/b11-9-. The smallest absolute Gasteiger partial charge is 0.244 e. The van der Waals surface area contributed by atoms with Crippen LogP contribution in [-0.2, 0) is 14.8 Å². The Hall–Kier alpha value is -2.88. The lowest BCUT2D eigenvalue weighted by Crippen LogP contribution is -2.50. The normalized spacial score (nSPS) is 15.6. The number of nitrogens with zero attached hydrogens (tertiary/aromatic N) is 2. The zero-order chi connectivity index (χ0) is 23.0. The topological polar surface area (TPSA) is 88.2 Å². The van der Waals surface area contributed by atoms with Gasteiger partial charge in [-0.25, -0.2) is 8.42 Å². The summed E-state index contributed by atoms with van der Waals surface area (Å²) < 4.78 is 37.4. The summed E-state index contributed by atoms with van der Waals surface area (Å²) in [7, 11) is -0.315. The minimum Gasteiger partial charge on any atom is -0.493 e. The Morgan fingerprint density at radius 2 is 1.69 bits per heavy atom. The van der Waals surface area contributed by atoms with Gasteiger partial charge in [0.2, 0.25) is 15.9 Å².